The van der Waals surface area contributed by atoms with Crippen LogP contribution in [0.25, 0.3) is 0 Å². The van der Waals surface area contributed by atoms with Gasteiger partial charge < -0.3 is 20.3 Å². The summed E-state index contributed by atoms with van der Waals surface area (Å²) in [4.78, 5) is 0. The molecule has 1 heterocycles. The van der Waals surface area contributed by atoms with Crippen molar-refractivity contribution in [2.24, 2.45) is 11.7 Å². The number of aromatic hydroxyl groups is 1. The first-order valence-electron chi connectivity index (χ1n) is 6.03. The van der Waals surface area contributed by atoms with Gasteiger partial charge in [-0.1, -0.05) is 15.9 Å². The van der Waals surface area contributed by atoms with Crippen LogP contribution in [0.5, 0.6) is 11.5 Å². The van der Waals surface area contributed by atoms with Crippen LogP contribution >= 0.6 is 15.9 Å². The molecule has 0 bridgehead atoms. The van der Waals surface area contributed by atoms with Crippen molar-refractivity contribution in [1.82, 2.24) is 0 Å². The van der Waals surface area contributed by atoms with Gasteiger partial charge in [0.1, 0.15) is 0 Å². The number of phenols is 1. The fraction of sp³-hybridized carbons (Fsp3) is 0.538. The van der Waals surface area contributed by atoms with Crippen molar-refractivity contribution < 1.29 is 14.6 Å². The van der Waals surface area contributed by atoms with E-state index in [9.17, 15) is 5.11 Å². The molecule has 1 aromatic carbocycles. The van der Waals surface area contributed by atoms with E-state index in [0.717, 1.165) is 36.1 Å². The number of hydrogen-bond donors (Lipinski definition) is 2. The maximum atomic E-state index is 10.2. The highest BCUT2D eigenvalue weighted by Crippen LogP contribution is 2.40. The number of ether oxygens (including phenoxy) is 2. The number of halogens is 1. The molecule has 4 nitrogen and oxygen atoms in total. The van der Waals surface area contributed by atoms with Crippen LogP contribution in [0, 0.1) is 5.92 Å². The summed E-state index contributed by atoms with van der Waals surface area (Å²) in [7, 11) is 1.53. The van der Waals surface area contributed by atoms with Crippen LogP contribution in [0.2, 0.25) is 0 Å². The van der Waals surface area contributed by atoms with Crippen LogP contribution in [0.3, 0.4) is 0 Å². The first kappa shape index (κ1) is 13.6. The molecule has 0 spiro atoms. The lowest BCUT2D eigenvalue weighted by Crippen LogP contribution is -2.27. The van der Waals surface area contributed by atoms with E-state index in [-0.39, 0.29) is 11.8 Å². The van der Waals surface area contributed by atoms with Gasteiger partial charge in [0.25, 0.3) is 0 Å². The van der Waals surface area contributed by atoms with Crippen LogP contribution in [0.4, 0.5) is 0 Å². The minimum atomic E-state index is -0.194. The summed E-state index contributed by atoms with van der Waals surface area (Å²) < 4.78 is 11.3. The molecular formula is C13H18BrNO3. The summed E-state index contributed by atoms with van der Waals surface area (Å²) in [5.74, 6) is 0.922. The summed E-state index contributed by atoms with van der Waals surface area (Å²) in [6, 6.07) is 3.40. The molecule has 1 aliphatic heterocycles. The Balaban J connectivity index is 2.28. The summed E-state index contributed by atoms with van der Waals surface area (Å²) in [5.41, 5.74) is 7.00. The molecule has 0 unspecified atom stereocenters. The minimum Gasteiger partial charge on any atom is -0.504 e. The van der Waals surface area contributed by atoms with Gasteiger partial charge >= 0.3 is 0 Å². The van der Waals surface area contributed by atoms with E-state index >= 15 is 0 Å². The molecule has 0 radical (unpaired) electrons. The Hall–Kier alpha value is -0.780. The highest BCUT2D eigenvalue weighted by atomic mass is 79.9. The van der Waals surface area contributed by atoms with E-state index in [0.29, 0.717) is 11.7 Å². The predicted molar refractivity (Wildman–Crippen MR) is 72.8 cm³/mol. The minimum absolute atomic E-state index is 0.139. The lowest BCUT2D eigenvalue weighted by atomic mass is 9.87. The number of rotatable bonds is 3. The quantitative estimate of drug-likeness (QED) is 0.900. The first-order chi connectivity index (χ1) is 8.63. The SMILES string of the molecule is COc1cc(Br)cc([C@H](N)C2CCOCC2)c1O. The summed E-state index contributed by atoms with van der Waals surface area (Å²) in [6.45, 7) is 1.48. The summed E-state index contributed by atoms with van der Waals surface area (Å²) in [6.07, 6.45) is 1.85. The third kappa shape index (κ3) is 2.79. The molecule has 1 atom stereocenters. The van der Waals surface area contributed by atoms with Crippen molar-refractivity contribution in [2.75, 3.05) is 20.3 Å². The van der Waals surface area contributed by atoms with Crippen molar-refractivity contribution in [1.29, 1.82) is 0 Å². The van der Waals surface area contributed by atoms with E-state index in [4.69, 9.17) is 15.2 Å². The first-order valence-corrected chi connectivity index (χ1v) is 6.82. The second-order valence-corrected chi connectivity index (χ2v) is 5.44. The molecule has 0 aromatic heterocycles. The molecule has 2 rings (SSSR count). The van der Waals surface area contributed by atoms with E-state index in [1.807, 2.05) is 6.07 Å². The van der Waals surface area contributed by atoms with Crippen LogP contribution < -0.4 is 10.5 Å². The molecule has 18 heavy (non-hydrogen) atoms. The molecule has 5 heteroatoms. The van der Waals surface area contributed by atoms with Crippen LogP contribution in [0.1, 0.15) is 24.4 Å². The largest absolute Gasteiger partial charge is 0.504 e. The average Bonchev–Trinajstić information content (AvgIpc) is 2.41. The van der Waals surface area contributed by atoms with Gasteiger partial charge in [0.15, 0.2) is 11.5 Å². The van der Waals surface area contributed by atoms with Crippen molar-refractivity contribution in [3.63, 3.8) is 0 Å². The highest BCUT2D eigenvalue weighted by Gasteiger charge is 2.25. The van der Waals surface area contributed by atoms with Crippen molar-refractivity contribution in [3.8, 4) is 11.5 Å². The maximum absolute atomic E-state index is 10.2. The Morgan fingerprint density at radius 3 is 2.72 bits per heavy atom. The molecule has 0 amide bonds. The topological polar surface area (TPSA) is 64.7 Å². The number of phenolic OH excluding ortho intramolecular Hbond substituents is 1. The molecule has 0 saturated carbocycles. The third-order valence-electron chi connectivity index (χ3n) is 3.42. The second-order valence-electron chi connectivity index (χ2n) is 4.52. The van der Waals surface area contributed by atoms with Gasteiger partial charge in [-0.25, -0.2) is 0 Å². The average molecular weight is 316 g/mol. The van der Waals surface area contributed by atoms with Crippen molar-refractivity contribution in [3.05, 3.63) is 22.2 Å². The van der Waals surface area contributed by atoms with E-state index in [2.05, 4.69) is 15.9 Å². The van der Waals surface area contributed by atoms with Crippen molar-refractivity contribution >= 4 is 15.9 Å². The fourth-order valence-electron chi connectivity index (χ4n) is 2.33. The molecule has 1 aliphatic rings. The lowest BCUT2D eigenvalue weighted by molar-refractivity contribution is 0.0581. The van der Waals surface area contributed by atoms with Crippen LogP contribution in [-0.4, -0.2) is 25.4 Å². The number of methoxy groups -OCH3 is 1. The van der Waals surface area contributed by atoms with Crippen LogP contribution in [0.15, 0.2) is 16.6 Å². The molecule has 0 aliphatic carbocycles. The van der Waals surface area contributed by atoms with Crippen LogP contribution in [-0.2, 0) is 4.74 Å². The third-order valence-corrected chi connectivity index (χ3v) is 3.88. The molecule has 100 valence electrons. The molecule has 1 saturated heterocycles. The number of hydrogen-bond acceptors (Lipinski definition) is 4. The predicted octanol–water partition coefficient (Wildman–Crippen LogP) is 2.59. The van der Waals surface area contributed by atoms with Gasteiger partial charge in [0.2, 0.25) is 0 Å². The Morgan fingerprint density at radius 2 is 2.11 bits per heavy atom. The lowest BCUT2D eigenvalue weighted by Gasteiger charge is -2.28. The highest BCUT2D eigenvalue weighted by molar-refractivity contribution is 9.10. The Bertz CT molecular complexity index is 419. The van der Waals surface area contributed by atoms with Gasteiger partial charge in [-0.15, -0.1) is 0 Å². The molecule has 1 fully saturated rings. The zero-order chi connectivity index (χ0) is 13.1. The van der Waals surface area contributed by atoms with Gasteiger partial charge in [0.05, 0.1) is 7.11 Å². The summed E-state index contributed by atoms with van der Waals surface area (Å²) >= 11 is 3.41. The standard InChI is InChI=1S/C13H18BrNO3/c1-17-11-7-9(14)6-10(13(11)16)12(15)8-2-4-18-5-3-8/h6-8,12,16H,2-5,15H2,1H3/t12-/m1/s1. The Kier molecular flexibility index (Phi) is 4.48. The number of nitrogens with two attached hydrogens (primary N) is 1. The smallest absolute Gasteiger partial charge is 0.162 e. The van der Waals surface area contributed by atoms with Gasteiger partial charge in [0, 0.05) is 29.3 Å². The molecule has 3 N–H and O–H groups in total. The monoisotopic (exact) mass is 315 g/mol. The molecule has 1 aromatic rings. The van der Waals surface area contributed by atoms with Crippen molar-refractivity contribution in [2.45, 2.75) is 18.9 Å². The zero-order valence-electron chi connectivity index (χ0n) is 10.4. The van der Waals surface area contributed by atoms with Gasteiger partial charge in [-0.05, 0) is 30.9 Å². The zero-order valence-corrected chi connectivity index (χ0v) is 11.9. The van der Waals surface area contributed by atoms with E-state index in [1.165, 1.54) is 7.11 Å². The maximum Gasteiger partial charge on any atom is 0.162 e. The number of benzene rings is 1. The Labute approximate surface area is 115 Å². The van der Waals surface area contributed by atoms with E-state index < -0.39 is 0 Å². The Morgan fingerprint density at radius 1 is 1.44 bits per heavy atom. The normalized spacial score (nSPS) is 18.6. The van der Waals surface area contributed by atoms with E-state index in [1.54, 1.807) is 6.07 Å². The second kappa shape index (κ2) is 5.91. The van der Waals surface area contributed by atoms with Gasteiger partial charge in [-0.3, -0.25) is 0 Å². The molecular weight excluding hydrogens is 298 g/mol. The fourth-order valence-corrected chi connectivity index (χ4v) is 2.79. The van der Waals surface area contributed by atoms with Gasteiger partial charge in [-0.2, -0.15) is 0 Å². The summed E-state index contributed by atoms with van der Waals surface area (Å²) in [5, 5.41) is 10.2.